The van der Waals surface area contributed by atoms with E-state index in [0.29, 0.717) is 0 Å². The number of rotatable bonds is 4. The van der Waals surface area contributed by atoms with E-state index in [9.17, 15) is 9.59 Å². The minimum atomic E-state index is -0.301. The molecule has 5 nitrogen and oxygen atoms in total. The van der Waals surface area contributed by atoms with Crippen LogP contribution in [-0.4, -0.2) is 42.0 Å². The molecule has 0 radical (unpaired) electrons. The maximum atomic E-state index is 12.5. The first kappa shape index (κ1) is 13.8. The van der Waals surface area contributed by atoms with Crippen LogP contribution in [0.25, 0.3) is 0 Å². The van der Waals surface area contributed by atoms with Crippen molar-refractivity contribution in [2.24, 2.45) is 0 Å². The number of carbonyl (C=O) groups excluding carboxylic acids is 1. The Hall–Kier alpha value is -1.62. The predicted octanol–water partition coefficient (Wildman–Crippen LogP) is 0.979. The van der Waals surface area contributed by atoms with Gasteiger partial charge >= 0.3 is 0 Å². The monoisotopic (exact) mass is 263 g/mol. The summed E-state index contributed by atoms with van der Waals surface area (Å²) in [7, 11) is 1.91. The van der Waals surface area contributed by atoms with Crippen LogP contribution in [0.1, 0.15) is 36.0 Å². The molecule has 0 aromatic carbocycles. The van der Waals surface area contributed by atoms with E-state index in [1.807, 2.05) is 11.9 Å². The number of nitrogens with zero attached hydrogens (tertiary/aromatic N) is 1. The number of hydrogen-bond acceptors (Lipinski definition) is 3. The highest BCUT2D eigenvalue weighted by Crippen LogP contribution is 2.20. The summed E-state index contributed by atoms with van der Waals surface area (Å²) in [6.45, 7) is 1.64. The molecule has 1 amide bonds. The van der Waals surface area contributed by atoms with Gasteiger partial charge in [-0.2, -0.15) is 0 Å². The van der Waals surface area contributed by atoms with Gasteiger partial charge < -0.3 is 15.2 Å². The highest BCUT2D eigenvalue weighted by molar-refractivity contribution is 5.94. The first-order valence-electron chi connectivity index (χ1n) is 6.87. The second-order valence-electron chi connectivity index (χ2n) is 4.95. The van der Waals surface area contributed by atoms with Gasteiger partial charge in [0.2, 0.25) is 0 Å². The predicted molar refractivity (Wildman–Crippen MR) is 74.3 cm³/mol. The molecule has 1 aromatic rings. The summed E-state index contributed by atoms with van der Waals surface area (Å²) in [4.78, 5) is 28.6. The summed E-state index contributed by atoms with van der Waals surface area (Å²) in [5.41, 5.74) is -0.0516. The zero-order chi connectivity index (χ0) is 13.7. The van der Waals surface area contributed by atoms with Crippen molar-refractivity contribution in [1.29, 1.82) is 0 Å². The fourth-order valence-corrected chi connectivity index (χ4v) is 2.62. The fourth-order valence-electron chi connectivity index (χ4n) is 2.62. The van der Waals surface area contributed by atoms with Crippen molar-refractivity contribution in [2.75, 3.05) is 20.1 Å². The maximum absolute atomic E-state index is 12.5. The molecule has 1 aliphatic rings. The molecular weight excluding hydrogens is 242 g/mol. The number of piperidine rings is 1. The first-order valence-corrected chi connectivity index (χ1v) is 6.87. The van der Waals surface area contributed by atoms with Gasteiger partial charge in [0.15, 0.2) is 0 Å². The Morgan fingerprint density at radius 1 is 1.53 bits per heavy atom. The Morgan fingerprint density at radius 2 is 2.37 bits per heavy atom. The van der Waals surface area contributed by atoms with E-state index >= 15 is 0 Å². The molecule has 5 heteroatoms. The molecule has 2 heterocycles. The molecule has 1 aromatic heterocycles. The Labute approximate surface area is 113 Å². The molecule has 0 spiro atoms. The lowest BCUT2D eigenvalue weighted by atomic mass is 9.98. The van der Waals surface area contributed by atoms with E-state index in [4.69, 9.17) is 0 Å². The summed E-state index contributed by atoms with van der Waals surface area (Å²) < 4.78 is 0. The second-order valence-corrected chi connectivity index (χ2v) is 4.95. The number of hydrogen-bond donors (Lipinski definition) is 2. The van der Waals surface area contributed by atoms with Crippen LogP contribution in [-0.2, 0) is 0 Å². The van der Waals surface area contributed by atoms with Gasteiger partial charge in [0.25, 0.3) is 11.5 Å². The van der Waals surface area contributed by atoms with Crippen molar-refractivity contribution in [2.45, 2.75) is 31.7 Å². The summed E-state index contributed by atoms with van der Waals surface area (Å²) in [6.07, 6.45) is 5.69. The maximum Gasteiger partial charge on any atom is 0.260 e. The quantitative estimate of drug-likeness (QED) is 0.851. The zero-order valence-corrected chi connectivity index (χ0v) is 11.3. The van der Waals surface area contributed by atoms with Crippen molar-refractivity contribution in [3.63, 3.8) is 0 Å². The molecule has 0 saturated carbocycles. The molecule has 1 saturated heterocycles. The number of carbonyl (C=O) groups is 1. The van der Waals surface area contributed by atoms with Crippen LogP contribution in [0.15, 0.2) is 23.1 Å². The third kappa shape index (κ3) is 3.23. The van der Waals surface area contributed by atoms with Crippen LogP contribution in [0.5, 0.6) is 0 Å². The van der Waals surface area contributed by atoms with Crippen LogP contribution in [0.3, 0.4) is 0 Å². The molecule has 1 aliphatic heterocycles. The van der Waals surface area contributed by atoms with E-state index in [2.05, 4.69) is 10.3 Å². The number of aromatic nitrogens is 1. The molecule has 1 atom stereocenters. The molecule has 2 N–H and O–H groups in total. The lowest BCUT2D eigenvalue weighted by Crippen LogP contribution is -2.46. The minimum absolute atomic E-state index is 0.136. The van der Waals surface area contributed by atoms with Gasteiger partial charge in [-0.1, -0.05) is 0 Å². The lowest BCUT2D eigenvalue weighted by molar-refractivity contribution is 0.0600. The number of H-pyrrole nitrogens is 1. The van der Waals surface area contributed by atoms with Crippen molar-refractivity contribution >= 4 is 5.91 Å². The zero-order valence-electron chi connectivity index (χ0n) is 11.3. The molecule has 2 rings (SSSR count). The van der Waals surface area contributed by atoms with Gasteiger partial charge in [0.05, 0.1) is 0 Å². The summed E-state index contributed by atoms with van der Waals surface area (Å²) >= 11 is 0. The van der Waals surface area contributed by atoms with Gasteiger partial charge in [-0.15, -0.1) is 0 Å². The third-order valence-electron chi connectivity index (χ3n) is 3.66. The minimum Gasteiger partial charge on any atom is -0.335 e. The van der Waals surface area contributed by atoms with Gasteiger partial charge in [-0.25, -0.2) is 0 Å². The normalized spacial score (nSPS) is 19.4. The molecule has 0 bridgehead atoms. The Kier molecular flexibility index (Phi) is 4.74. The highest BCUT2D eigenvalue weighted by atomic mass is 16.2. The number of nitrogens with one attached hydrogen (secondary N) is 2. The van der Waals surface area contributed by atoms with Gasteiger partial charge in [0.1, 0.15) is 5.56 Å². The van der Waals surface area contributed by atoms with Gasteiger partial charge in [-0.05, 0) is 51.4 Å². The summed E-state index contributed by atoms with van der Waals surface area (Å²) in [6, 6.07) is 3.54. The van der Waals surface area contributed by atoms with Crippen LogP contribution < -0.4 is 10.9 Å². The van der Waals surface area contributed by atoms with Crippen LogP contribution in [0.2, 0.25) is 0 Å². The number of amides is 1. The van der Waals surface area contributed by atoms with Crippen molar-refractivity contribution in [3.05, 3.63) is 34.2 Å². The van der Waals surface area contributed by atoms with E-state index in [1.54, 1.807) is 18.3 Å². The number of aromatic amines is 1. The molecular formula is C14H21N3O2. The second kappa shape index (κ2) is 6.52. The molecule has 104 valence electrons. The summed E-state index contributed by atoms with van der Waals surface area (Å²) in [5.74, 6) is -0.136. The topological polar surface area (TPSA) is 65.2 Å². The standard InChI is InChI=1S/C14H21N3O2/c1-15-9-7-11-5-2-3-10-17(11)14(19)12-6-4-8-16-13(12)18/h4,6,8,11,15H,2-3,5,7,9-10H2,1H3,(H,16,18). The Morgan fingerprint density at radius 3 is 3.11 bits per heavy atom. The van der Waals surface area contributed by atoms with Crippen molar-refractivity contribution in [1.82, 2.24) is 15.2 Å². The molecule has 19 heavy (non-hydrogen) atoms. The van der Waals surface area contributed by atoms with E-state index < -0.39 is 0 Å². The fraction of sp³-hybridized carbons (Fsp3) is 0.571. The van der Waals surface area contributed by atoms with Crippen LogP contribution in [0, 0.1) is 0 Å². The van der Waals surface area contributed by atoms with E-state index in [-0.39, 0.29) is 23.1 Å². The van der Waals surface area contributed by atoms with E-state index in [1.165, 1.54) is 0 Å². The largest absolute Gasteiger partial charge is 0.335 e. The molecule has 1 unspecified atom stereocenters. The van der Waals surface area contributed by atoms with Crippen molar-refractivity contribution < 1.29 is 4.79 Å². The average molecular weight is 263 g/mol. The van der Waals surface area contributed by atoms with Gasteiger partial charge in [-0.3, -0.25) is 9.59 Å². The Bertz CT molecular complexity index is 484. The number of pyridine rings is 1. The van der Waals surface area contributed by atoms with Crippen LogP contribution >= 0.6 is 0 Å². The van der Waals surface area contributed by atoms with Crippen LogP contribution in [0.4, 0.5) is 0 Å². The molecule has 0 aliphatic carbocycles. The third-order valence-corrected chi connectivity index (χ3v) is 3.66. The smallest absolute Gasteiger partial charge is 0.260 e. The lowest BCUT2D eigenvalue weighted by Gasteiger charge is -2.35. The van der Waals surface area contributed by atoms with E-state index in [0.717, 1.165) is 38.8 Å². The van der Waals surface area contributed by atoms with Crippen molar-refractivity contribution in [3.8, 4) is 0 Å². The number of likely N-dealkylation sites (tertiary alicyclic amines) is 1. The first-order chi connectivity index (χ1) is 9.24. The summed E-state index contributed by atoms with van der Waals surface area (Å²) in [5, 5.41) is 3.12. The SMILES string of the molecule is CNCCC1CCCCN1C(=O)c1ccc[nH]c1=O. The Balaban J connectivity index is 2.15. The molecule has 1 fully saturated rings. The average Bonchev–Trinajstić information content (AvgIpc) is 2.45. The van der Waals surface area contributed by atoms with Gasteiger partial charge in [0, 0.05) is 18.8 Å². The highest BCUT2D eigenvalue weighted by Gasteiger charge is 2.28.